The second-order valence-corrected chi connectivity index (χ2v) is 10.6. The molecule has 5 N–H and O–H groups in total. The number of nitrogens with two attached hydrogens (primary N) is 1. The van der Waals surface area contributed by atoms with Crippen molar-refractivity contribution in [1.82, 2.24) is 20.1 Å². The van der Waals surface area contributed by atoms with Crippen LogP contribution in [0.1, 0.15) is 40.9 Å². The molecule has 9 nitrogen and oxygen atoms in total. The largest absolute Gasteiger partial charge is 0.507 e. The number of amides is 1. The minimum Gasteiger partial charge on any atom is -0.507 e. The number of aromatic nitrogens is 1. The van der Waals surface area contributed by atoms with Gasteiger partial charge in [-0.15, -0.1) is 0 Å². The van der Waals surface area contributed by atoms with Gasteiger partial charge in [0.2, 0.25) is 0 Å². The van der Waals surface area contributed by atoms with Gasteiger partial charge in [-0.05, 0) is 60.5 Å². The first-order valence-electron chi connectivity index (χ1n) is 14.5. The molecule has 0 radical (unpaired) electrons. The minimum atomic E-state index is -0.316. The number of nitriles is 1. The number of nitrogens with zero attached hydrogens (tertiary/aromatic N) is 4. The molecule has 1 unspecified atom stereocenters. The monoisotopic (exact) mass is 576 g/mol. The zero-order valence-corrected chi connectivity index (χ0v) is 24.2. The number of phenols is 2. The number of carbonyl (C=O) groups is 1. The summed E-state index contributed by atoms with van der Waals surface area (Å²) in [5.74, 6) is -0.184. The average molecular weight is 577 g/mol. The predicted octanol–water partition coefficient (Wildman–Crippen LogP) is 4.78. The average Bonchev–Trinajstić information content (AvgIpc) is 3.03. The van der Waals surface area contributed by atoms with Crippen LogP contribution in [0.3, 0.4) is 0 Å². The number of likely N-dealkylation sites (N-methyl/N-ethyl adjacent to an activating group) is 1. The first kappa shape index (κ1) is 29.6. The number of hydrogen-bond donors (Lipinski definition) is 4. The molecule has 1 amide bonds. The van der Waals surface area contributed by atoms with E-state index < -0.39 is 0 Å². The van der Waals surface area contributed by atoms with E-state index in [9.17, 15) is 20.3 Å². The van der Waals surface area contributed by atoms with Gasteiger partial charge in [0.15, 0.2) is 0 Å². The third-order valence-corrected chi connectivity index (χ3v) is 8.07. The maximum atomic E-state index is 12.8. The van der Waals surface area contributed by atoms with Crippen molar-refractivity contribution in [3.05, 3.63) is 95.6 Å². The van der Waals surface area contributed by atoms with Crippen LogP contribution in [0.4, 0.5) is 5.82 Å². The molecule has 1 aromatic heterocycles. The summed E-state index contributed by atoms with van der Waals surface area (Å²) in [5.41, 5.74) is 10.3. The second-order valence-electron chi connectivity index (χ2n) is 10.6. The zero-order valence-electron chi connectivity index (χ0n) is 24.2. The number of carbonyl (C=O) groups excluding carboxylic acids is 1. The molecule has 220 valence electrons. The predicted molar refractivity (Wildman–Crippen MR) is 167 cm³/mol. The smallest absolute Gasteiger partial charge is 0.255 e. The SMILES string of the molecule is CCN1CCN(C(CCNC(=O)c2ccccc2O)c2cccc(-c3cc(-c4ccccc4O)nc(N)c3C#N)c2)CC1. The minimum absolute atomic E-state index is 0.00554. The van der Waals surface area contributed by atoms with Crippen molar-refractivity contribution in [3.8, 4) is 40.0 Å². The van der Waals surface area contributed by atoms with Crippen molar-refractivity contribution in [3.63, 3.8) is 0 Å². The summed E-state index contributed by atoms with van der Waals surface area (Å²) in [5, 5.41) is 33.5. The van der Waals surface area contributed by atoms with Crippen molar-refractivity contribution in [1.29, 1.82) is 5.26 Å². The standard InChI is InChI=1S/C34H36N6O3/c1-2-39-16-18-40(19-17-39)30(14-15-37-34(43)26-11-4-6-13-32(26)42)24-9-7-8-23(20-24)27-21-29(38-33(36)28(27)22-35)25-10-3-5-12-31(25)41/h3-13,20-21,30,41-42H,2,14-19H2,1H3,(H2,36,38)(H,37,43). The number of rotatable bonds is 9. The van der Waals surface area contributed by atoms with E-state index >= 15 is 0 Å². The summed E-state index contributed by atoms with van der Waals surface area (Å²) in [4.78, 5) is 22.1. The molecule has 0 bridgehead atoms. The molecule has 9 heteroatoms. The molecule has 2 heterocycles. The Bertz CT molecular complexity index is 1640. The van der Waals surface area contributed by atoms with Crippen LogP contribution in [0.2, 0.25) is 0 Å². The lowest BCUT2D eigenvalue weighted by atomic mass is 9.93. The summed E-state index contributed by atoms with van der Waals surface area (Å²) in [6.07, 6.45) is 0.654. The molecule has 5 rings (SSSR count). The van der Waals surface area contributed by atoms with E-state index in [-0.39, 0.29) is 40.4 Å². The fourth-order valence-corrected chi connectivity index (χ4v) is 5.69. The van der Waals surface area contributed by atoms with Gasteiger partial charge in [-0.3, -0.25) is 9.69 Å². The van der Waals surface area contributed by atoms with E-state index in [2.05, 4.69) is 45.2 Å². The van der Waals surface area contributed by atoms with E-state index in [1.165, 1.54) is 6.07 Å². The number of aromatic hydroxyl groups is 2. The van der Waals surface area contributed by atoms with Crippen LogP contribution in [0.5, 0.6) is 11.5 Å². The Balaban J connectivity index is 1.46. The van der Waals surface area contributed by atoms with E-state index in [1.54, 1.807) is 42.5 Å². The van der Waals surface area contributed by atoms with Crippen LogP contribution >= 0.6 is 0 Å². The number of pyridine rings is 1. The molecule has 43 heavy (non-hydrogen) atoms. The van der Waals surface area contributed by atoms with Crippen LogP contribution < -0.4 is 11.1 Å². The third-order valence-electron chi connectivity index (χ3n) is 8.07. The van der Waals surface area contributed by atoms with Gasteiger partial charge in [0.05, 0.1) is 11.3 Å². The molecule has 0 aliphatic carbocycles. The third kappa shape index (κ3) is 6.61. The van der Waals surface area contributed by atoms with Gasteiger partial charge < -0.3 is 26.2 Å². The highest BCUT2D eigenvalue weighted by Gasteiger charge is 2.26. The molecule has 4 aromatic rings. The maximum absolute atomic E-state index is 12.8. The first-order chi connectivity index (χ1) is 20.9. The second kappa shape index (κ2) is 13.4. The van der Waals surface area contributed by atoms with Gasteiger partial charge in [-0.2, -0.15) is 5.26 Å². The van der Waals surface area contributed by atoms with E-state index in [1.807, 2.05) is 18.2 Å². The van der Waals surface area contributed by atoms with Crippen LogP contribution in [0, 0.1) is 11.3 Å². The van der Waals surface area contributed by atoms with E-state index in [0.29, 0.717) is 29.8 Å². The number of para-hydroxylation sites is 2. The van der Waals surface area contributed by atoms with Crippen molar-refractivity contribution < 1.29 is 15.0 Å². The number of benzene rings is 3. The summed E-state index contributed by atoms with van der Waals surface area (Å²) < 4.78 is 0. The van der Waals surface area contributed by atoms with Crippen LogP contribution in [0.25, 0.3) is 22.4 Å². The quantitative estimate of drug-likeness (QED) is 0.223. The van der Waals surface area contributed by atoms with Gasteiger partial charge in [0.25, 0.3) is 5.91 Å². The van der Waals surface area contributed by atoms with Crippen molar-refractivity contribution in [2.45, 2.75) is 19.4 Å². The number of anilines is 1. The fraction of sp³-hybridized carbons (Fsp3) is 0.265. The normalized spacial score (nSPS) is 14.6. The van der Waals surface area contributed by atoms with Gasteiger partial charge in [-0.25, -0.2) is 4.98 Å². The molecule has 1 atom stereocenters. The lowest BCUT2D eigenvalue weighted by Gasteiger charge is -2.39. The number of hydrogen-bond acceptors (Lipinski definition) is 8. The molecule has 1 aliphatic rings. The number of nitrogens with one attached hydrogen (secondary N) is 1. The highest BCUT2D eigenvalue weighted by Crippen LogP contribution is 2.36. The summed E-state index contributed by atoms with van der Waals surface area (Å²) in [7, 11) is 0. The maximum Gasteiger partial charge on any atom is 0.255 e. The van der Waals surface area contributed by atoms with Gasteiger partial charge in [-0.1, -0.05) is 49.4 Å². The molecule has 3 aromatic carbocycles. The molecule has 1 saturated heterocycles. The Morgan fingerprint density at radius 3 is 2.40 bits per heavy atom. The molecular formula is C34H36N6O3. The number of piperazine rings is 1. The molecule has 1 aliphatic heterocycles. The van der Waals surface area contributed by atoms with Crippen molar-refractivity contribution >= 4 is 11.7 Å². The molecule has 0 spiro atoms. The van der Waals surface area contributed by atoms with Crippen LogP contribution in [-0.4, -0.2) is 70.2 Å². The van der Waals surface area contributed by atoms with E-state index in [0.717, 1.165) is 43.9 Å². The van der Waals surface area contributed by atoms with Gasteiger partial charge >= 0.3 is 0 Å². The van der Waals surface area contributed by atoms with Gasteiger partial charge in [0.1, 0.15) is 28.9 Å². The molecule has 0 saturated carbocycles. The van der Waals surface area contributed by atoms with E-state index in [4.69, 9.17) is 5.73 Å². The lowest BCUT2D eigenvalue weighted by Crippen LogP contribution is -2.47. The summed E-state index contributed by atoms with van der Waals surface area (Å²) >= 11 is 0. The highest BCUT2D eigenvalue weighted by molar-refractivity contribution is 5.96. The van der Waals surface area contributed by atoms with Gasteiger partial charge in [0, 0.05) is 49.9 Å². The van der Waals surface area contributed by atoms with Crippen LogP contribution in [0.15, 0.2) is 78.9 Å². The summed E-state index contributed by atoms with van der Waals surface area (Å²) in [6, 6.07) is 25.5. The molecular weight excluding hydrogens is 540 g/mol. The summed E-state index contributed by atoms with van der Waals surface area (Å²) in [6.45, 7) is 7.28. The first-order valence-corrected chi connectivity index (χ1v) is 14.5. The Morgan fingerprint density at radius 1 is 0.977 bits per heavy atom. The Hall–Kier alpha value is -4.91. The molecule has 1 fully saturated rings. The number of nitrogen functional groups attached to an aromatic ring is 1. The topological polar surface area (TPSA) is 139 Å². The van der Waals surface area contributed by atoms with Crippen LogP contribution in [-0.2, 0) is 0 Å². The highest BCUT2D eigenvalue weighted by atomic mass is 16.3. The Kier molecular flexibility index (Phi) is 9.20. The number of phenolic OH excluding ortho intramolecular Hbond substituents is 2. The Labute approximate surface area is 251 Å². The van der Waals surface area contributed by atoms with Crippen molar-refractivity contribution in [2.24, 2.45) is 0 Å². The van der Waals surface area contributed by atoms with Crippen molar-refractivity contribution in [2.75, 3.05) is 45.0 Å². The Morgan fingerprint density at radius 2 is 1.70 bits per heavy atom. The zero-order chi connectivity index (χ0) is 30.3. The fourth-order valence-electron chi connectivity index (χ4n) is 5.69. The lowest BCUT2D eigenvalue weighted by molar-refractivity contribution is 0.0889.